The quantitative estimate of drug-likeness (QED) is 0.794. The smallest absolute Gasteiger partial charge is 0.304 e. The molecule has 1 fully saturated rings. The maximum atomic E-state index is 12.1. The van der Waals surface area contributed by atoms with E-state index in [0.29, 0.717) is 5.69 Å². The maximum absolute atomic E-state index is 12.1. The van der Waals surface area contributed by atoms with Crippen LogP contribution in [0.15, 0.2) is 30.3 Å². The molecular weight excluding hydrogens is 220 g/mol. The van der Waals surface area contributed by atoms with Crippen molar-refractivity contribution in [2.24, 2.45) is 0 Å². The van der Waals surface area contributed by atoms with Crippen LogP contribution in [0.1, 0.15) is 0 Å². The fourth-order valence-corrected chi connectivity index (χ4v) is 1.70. The van der Waals surface area contributed by atoms with Gasteiger partial charge in [0.2, 0.25) is 0 Å². The summed E-state index contributed by atoms with van der Waals surface area (Å²) in [6.45, 7) is 0. The van der Waals surface area contributed by atoms with Gasteiger partial charge in [0, 0.05) is 7.05 Å². The summed E-state index contributed by atoms with van der Waals surface area (Å²) < 4.78 is 0. The van der Waals surface area contributed by atoms with Crippen LogP contribution in [0.5, 0.6) is 0 Å². The molecule has 1 unspecified atom stereocenters. The SMILES string of the molecule is CNC1NC(=O)N(c2ccccc2)C(=O)N1C. The molecule has 1 aromatic carbocycles. The highest BCUT2D eigenvalue weighted by molar-refractivity contribution is 6.15. The minimum Gasteiger partial charge on any atom is -0.304 e. The zero-order valence-corrected chi connectivity index (χ0v) is 9.68. The molecule has 6 heteroatoms. The van der Waals surface area contributed by atoms with E-state index in [0.717, 1.165) is 4.90 Å². The summed E-state index contributed by atoms with van der Waals surface area (Å²) in [6, 6.07) is 8.02. The zero-order valence-electron chi connectivity index (χ0n) is 9.68. The number of hydrogen-bond acceptors (Lipinski definition) is 3. The van der Waals surface area contributed by atoms with Gasteiger partial charge >= 0.3 is 12.1 Å². The lowest BCUT2D eigenvalue weighted by Crippen LogP contribution is -2.67. The van der Waals surface area contributed by atoms with Gasteiger partial charge in [-0.05, 0) is 19.2 Å². The minimum atomic E-state index is -0.477. The van der Waals surface area contributed by atoms with Crippen molar-refractivity contribution >= 4 is 17.7 Å². The summed E-state index contributed by atoms with van der Waals surface area (Å²) in [5.74, 6) is 0. The molecule has 17 heavy (non-hydrogen) atoms. The molecule has 0 aliphatic carbocycles. The third-order valence-corrected chi connectivity index (χ3v) is 2.63. The second kappa shape index (κ2) is 4.42. The molecule has 1 heterocycles. The van der Waals surface area contributed by atoms with Gasteiger partial charge in [0.15, 0.2) is 6.29 Å². The monoisotopic (exact) mass is 234 g/mol. The molecule has 1 aromatic rings. The van der Waals surface area contributed by atoms with Gasteiger partial charge in [-0.1, -0.05) is 18.2 Å². The Bertz CT molecular complexity index is 434. The van der Waals surface area contributed by atoms with Gasteiger partial charge in [-0.2, -0.15) is 0 Å². The lowest BCUT2D eigenvalue weighted by molar-refractivity contribution is 0.158. The molecule has 90 valence electrons. The van der Waals surface area contributed by atoms with Crippen molar-refractivity contribution in [3.05, 3.63) is 30.3 Å². The number of imide groups is 1. The largest absolute Gasteiger partial charge is 0.335 e. The second-order valence-electron chi connectivity index (χ2n) is 3.71. The second-order valence-corrected chi connectivity index (χ2v) is 3.71. The molecule has 1 aliphatic rings. The maximum Gasteiger partial charge on any atom is 0.335 e. The van der Waals surface area contributed by atoms with Crippen molar-refractivity contribution in [1.82, 2.24) is 15.5 Å². The Kier molecular flexibility index (Phi) is 2.97. The number of nitrogens with zero attached hydrogens (tertiary/aromatic N) is 2. The number of nitrogens with one attached hydrogen (secondary N) is 2. The zero-order chi connectivity index (χ0) is 12.4. The molecule has 2 rings (SSSR count). The van der Waals surface area contributed by atoms with Crippen molar-refractivity contribution in [3.63, 3.8) is 0 Å². The highest BCUT2D eigenvalue weighted by atomic mass is 16.2. The summed E-state index contributed by atoms with van der Waals surface area (Å²) in [6.07, 6.45) is -0.477. The van der Waals surface area contributed by atoms with Crippen LogP contribution >= 0.6 is 0 Å². The number of anilines is 1. The molecule has 0 bridgehead atoms. The van der Waals surface area contributed by atoms with Crippen molar-refractivity contribution in [1.29, 1.82) is 0 Å². The lowest BCUT2D eigenvalue weighted by Gasteiger charge is -2.38. The van der Waals surface area contributed by atoms with Crippen molar-refractivity contribution < 1.29 is 9.59 Å². The van der Waals surface area contributed by atoms with Crippen LogP contribution in [-0.2, 0) is 0 Å². The highest BCUT2D eigenvalue weighted by Gasteiger charge is 2.36. The number of carbonyl (C=O) groups excluding carboxylic acids is 2. The Hall–Kier alpha value is -2.08. The average Bonchev–Trinajstić information content (AvgIpc) is 2.35. The predicted molar refractivity (Wildman–Crippen MR) is 63.5 cm³/mol. The molecule has 0 saturated carbocycles. The fourth-order valence-electron chi connectivity index (χ4n) is 1.70. The summed E-state index contributed by atoms with van der Waals surface area (Å²) >= 11 is 0. The molecule has 1 atom stereocenters. The molecular formula is C11H14N4O2. The summed E-state index contributed by atoms with van der Waals surface area (Å²) in [5, 5.41) is 5.51. The highest BCUT2D eigenvalue weighted by Crippen LogP contribution is 2.18. The standard InChI is InChI=1S/C11H14N4O2/c1-12-9-13-10(16)15(11(17)14(9)2)8-6-4-3-5-7-8/h3-7,9,12H,1-2H3,(H,13,16). The number of benzene rings is 1. The first-order valence-electron chi connectivity index (χ1n) is 5.25. The van der Waals surface area contributed by atoms with E-state index < -0.39 is 12.3 Å². The summed E-state index contributed by atoms with van der Waals surface area (Å²) in [4.78, 5) is 26.4. The first-order chi connectivity index (χ1) is 8.15. The van der Waals surface area contributed by atoms with Gasteiger partial charge in [0.25, 0.3) is 0 Å². The molecule has 1 aliphatic heterocycles. The van der Waals surface area contributed by atoms with Crippen LogP contribution in [0.25, 0.3) is 0 Å². The molecule has 0 spiro atoms. The molecule has 4 amide bonds. The number of carbonyl (C=O) groups is 2. The van der Waals surface area contributed by atoms with E-state index in [4.69, 9.17) is 0 Å². The van der Waals surface area contributed by atoms with E-state index in [2.05, 4.69) is 10.6 Å². The van der Waals surface area contributed by atoms with Crippen molar-refractivity contribution in [2.45, 2.75) is 6.29 Å². The molecule has 0 radical (unpaired) electrons. The summed E-state index contributed by atoms with van der Waals surface area (Å²) in [5.41, 5.74) is 0.552. The third-order valence-electron chi connectivity index (χ3n) is 2.63. The van der Waals surface area contributed by atoms with E-state index in [1.165, 1.54) is 4.90 Å². The van der Waals surface area contributed by atoms with Crippen LogP contribution < -0.4 is 15.5 Å². The topological polar surface area (TPSA) is 64.7 Å². The van der Waals surface area contributed by atoms with Gasteiger partial charge in [0.05, 0.1) is 5.69 Å². The lowest BCUT2D eigenvalue weighted by atomic mass is 10.3. The number of urea groups is 2. The fraction of sp³-hybridized carbons (Fsp3) is 0.273. The van der Waals surface area contributed by atoms with E-state index in [1.54, 1.807) is 38.4 Å². The number of amides is 4. The first kappa shape index (κ1) is 11.4. The van der Waals surface area contributed by atoms with Crippen LogP contribution in [0.4, 0.5) is 15.3 Å². The third kappa shape index (κ3) is 1.94. The van der Waals surface area contributed by atoms with Gasteiger partial charge in [-0.25, -0.2) is 14.5 Å². The number of rotatable bonds is 2. The van der Waals surface area contributed by atoms with E-state index in [9.17, 15) is 9.59 Å². The van der Waals surface area contributed by atoms with Gasteiger partial charge in [-0.15, -0.1) is 0 Å². The Labute approximate surface area is 99.2 Å². The van der Waals surface area contributed by atoms with Crippen molar-refractivity contribution in [3.8, 4) is 0 Å². The molecule has 2 N–H and O–H groups in total. The van der Waals surface area contributed by atoms with E-state index >= 15 is 0 Å². The van der Waals surface area contributed by atoms with Crippen LogP contribution in [0, 0.1) is 0 Å². The molecule has 6 nitrogen and oxygen atoms in total. The van der Waals surface area contributed by atoms with Gasteiger partial charge < -0.3 is 5.32 Å². The summed E-state index contributed by atoms with van der Waals surface area (Å²) in [7, 11) is 3.30. The first-order valence-corrected chi connectivity index (χ1v) is 5.25. The van der Waals surface area contributed by atoms with E-state index in [-0.39, 0.29) is 6.03 Å². The predicted octanol–water partition coefficient (Wildman–Crippen LogP) is 0.771. The number of para-hydroxylation sites is 1. The minimum absolute atomic E-state index is 0.362. The Morgan fingerprint density at radius 1 is 1.24 bits per heavy atom. The van der Waals surface area contributed by atoms with Crippen LogP contribution in [0.2, 0.25) is 0 Å². The molecule has 0 aromatic heterocycles. The Balaban J connectivity index is 2.30. The molecule has 1 saturated heterocycles. The Morgan fingerprint density at radius 2 is 1.88 bits per heavy atom. The Morgan fingerprint density at radius 3 is 2.47 bits per heavy atom. The van der Waals surface area contributed by atoms with Gasteiger partial charge in [0.1, 0.15) is 0 Å². The van der Waals surface area contributed by atoms with E-state index in [1.807, 2.05) is 6.07 Å². The average molecular weight is 234 g/mol. The van der Waals surface area contributed by atoms with Gasteiger partial charge in [-0.3, -0.25) is 10.2 Å². The van der Waals surface area contributed by atoms with Crippen molar-refractivity contribution in [2.75, 3.05) is 19.0 Å². The number of hydrogen-bond donors (Lipinski definition) is 2. The normalized spacial score (nSPS) is 20.5. The van der Waals surface area contributed by atoms with Crippen LogP contribution in [-0.4, -0.2) is 37.3 Å². The van der Waals surface area contributed by atoms with Crippen LogP contribution in [0.3, 0.4) is 0 Å².